The summed E-state index contributed by atoms with van der Waals surface area (Å²) in [4.78, 5) is 11.0. The van der Waals surface area contributed by atoms with Crippen molar-refractivity contribution in [3.05, 3.63) is 194 Å². The van der Waals surface area contributed by atoms with Crippen LogP contribution in [0.15, 0.2) is 203 Å². The molecule has 0 amide bonds. The standard InChI is InChI=1S/C52H32N2O2/c1-3-15-33(16-4-1)35-19-11-20-36(31-35)38-24-12-23-37(34-17-5-2-6-18-34)49(38)52-53-45(43-27-13-25-41-39-21-7-9-29-47(39)55-50(41)43)32-46(54-52)44-28-14-26-42-40-22-8-10-30-48(40)56-51(42)44/h1-32H. The zero-order valence-corrected chi connectivity index (χ0v) is 30.2. The Morgan fingerprint density at radius 2 is 0.732 bits per heavy atom. The summed E-state index contributed by atoms with van der Waals surface area (Å²) < 4.78 is 13.2. The van der Waals surface area contributed by atoms with Gasteiger partial charge in [-0.25, -0.2) is 9.97 Å². The van der Waals surface area contributed by atoms with E-state index in [1.54, 1.807) is 0 Å². The molecule has 0 radical (unpaired) electrons. The summed E-state index contributed by atoms with van der Waals surface area (Å²) in [5.74, 6) is 0.610. The minimum absolute atomic E-state index is 0.610. The van der Waals surface area contributed by atoms with Crippen LogP contribution in [0.1, 0.15) is 0 Å². The Bertz CT molecular complexity index is 3120. The van der Waals surface area contributed by atoms with E-state index in [2.05, 4.69) is 146 Å². The van der Waals surface area contributed by atoms with E-state index >= 15 is 0 Å². The number of para-hydroxylation sites is 4. The lowest BCUT2D eigenvalue weighted by atomic mass is 9.89. The molecule has 3 aromatic heterocycles. The van der Waals surface area contributed by atoms with Crippen LogP contribution in [-0.4, -0.2) is 9.97 Å². The maximum atomic E-state index is 6.60. The Morgan fingerprint density at radius 3 is 1.34 bits per heavy atom. The Labute approximate surface area is 323 Å². The lowest BCUT2D eigenvalue weighted by Gasteiger charge is -2.17. The Kier molecular flexibility index (Phi) is 7.46. The molecule has 0 fully saturated rings. The highest BCUT2D eigenvalue weighted by Gasteiger charge is 2.22. The summed E-state index contributed by atoms with van der Waals surface area (Å²) in [6, 6.07) is 67.3. The van der Waals surface area contributed by atoms with E-state index in [1.807, 2.05) is 48.5 Å². The molecule has 4 nitrogen and oxygen atoms in total. The van der Waals surface area contributed by atoms with Crippen molar-refractivity contribution in [2.24, 2.45) is 0 Å². The average Bonchev–Trinajstić information content (AvgIpc) is 3.85. The van der Waals surface area contributed by atoms with Gasteiger partial charge in [0.05, 0.1) is 11.4 Å². The second-order valence-corrected chi connectivity index (χ2v) is 14.1. The highest BCUT2D eigenvalue weighted by Crippen LogP contribution is 2.43. The fraction of sp³-hybridized carbons (Fsp3) is 0. The molecule has 11 aromatic rings. The molecule has 0 N–H and O–H groups in total. The van der Waals surface area contributed by atoms with Crippen molar-refractivity contribution in [2.45, 2.75) is 0 Å². The van der Waals surface area contributed by atoms with E-state index in [-0.39, 0.29) is 0 Å². The highest BCUT2D eigenvalue weighted by atomic mass is 16.3. The smallest absolute Gasteiger partial charge is 0.161 e. The van der Waals surface area contributed by atoms with Gasteiger partial charge in [-0.2, -0.15) is 0 Å². The molecule has 4 heteroatoms. The van der Waals surface area contributed by atoms with Gasteiger partial charge in [0.2, 0.25) is 0 Å². The van der Waals surface area contributed by atoms with Gasteiger partial charge in [0, 0.05) is 38.2 Å². The molecular weight excluding hydrogens is 685 g/mol. The number of furan rings is 2. The number of nitrogens with zero attached hydrogens (tertiary/aromatic N) is 2. The largest absolute Gasteiger partial charge is 0.455 e. The third kappa shape index (κ3) is 5.31. The summed E-state index contributed by atoms with van der Waals surface area (Å²) in [6.07, 6.45) is 0. The van der Waals surface area contributed by atoms with Crippen molar-refractivity contribution in [2.75, 3.05) is 0 Å². The number of benzene rings is 8. The van der Waals surface area contributed by atoms with Crippen LogP contribution in [0.2, 0.25) is 0 Å². The van der Waals surface area contributed by atoms with Crippen LogP contribution >= 0.6 is 0 Å². The molecule has 0 aliphatic rings. The predicted molar refractivity (Wildman–Crippen MR) is 229 cm³/mol. The Morgan fingerprint density at radius 1 is 0.304 bits per heavy atom. The van der Waals surface area contributed by atoms with E-state index in [9.17, 15) is 0 Å². The van der Waals surface area contributed by atoms with Crippen molar-refractivity contribution in [1.82, 2.24) is 9.97 Å². The fourth-order valence-electron chi connectivity index (χ4n) is 8.12. The number of aromatic nitrogens is 2. The molecule has 8 aromatic carbocycles. The zero-order valence-electron chi connectivity index (χ0n) is 30.2. The van der Waals surface area contributed by atoms with Crippen LogP contribution in [-0.2, 0) is 0 Å². The molecule has 0 spiro atoms. The second kappa shape index (κ2) is 13.1. The second-order valence-electron chi connectivity index (χ2n) is 14.1. The summed E-state index contributed by atoms with van der Waals surface area (Å²) in [6.45, 7) is 0. The van der Waals surface area contributed by atoms with Crippen molar-refractivity contribution in [3.8, 4) is 67.3 Å². The molecule has 0 aliphatic heterocycles. The minimum atomic E-state index is 0.610. The minimum Gasteiger partial charge on any atom is -0.455 e. The Hall–Kier alpha value is -7.56. The topological polar surface area (TPSA) is 52.1 Å². The molecule has 56 heavy (non-hydrogen) atoms. The van der Waals surface area contributed by atoms with E-state index in [1.165, 1.54) is 0 Å². The molecule has 262 valence electrons. The Balaban J connectivity index is 1.22. The van der Waals surface area contributed by atoms with E-state index < -0.39 is 0 Å². The van der Waals surface area contributed by atoms with Crippen LogP contribution in [0.3, 0.4) is 0 Å². The van der Waals surface area contributed by atoms with Gasteiger partial charge in [-0.3, -0.25) is 0 Å². The SMILES string of the molecule is c1ccc(-c2cccc(-c3cccc(-c4ccccc4)c3-c3nc(-c4cccc5c4oc4ccccc45)cc(-c4cccc5c4oc4ccccc45)n3)c2)cc1. The van der Waals surface area contributed by atoms with Gasteiger partial charge >= 0.3 is 0 Å². The van der Waals surface area contributed by atoms with Gasteiger partial charge < -0.3 is 8.83 Å². The van der Waals surface area contributed by atoms with Crippen molar-refractivity contribution < 1.29 is 8.83 Å². The normalized spacial score (nSPS) is 11.6. The van der Waals surface area contributed by atoms with E-state index in [0.29, 0.717) is 5.82 Å². The van der Waals surface area contributed by atoms with Gasteiger partial charge in [0.15, 0.2) is 5.82 Å². The first-order valence-electron chi connectivity index (χ1n) is 18.8. The molecular formula is C52H32N2O2. The third-order valence-corrected chi connectivity index (χ3v) is 10.7. The monoisotopic (exact) mass is 716 g/mol. The van der Waals surface area contributed by atoms with E-state index in [4.69, 9.17) is 18.8 Å². The average molecular weight is 717 g/mol. The van der Waals surface area contributed by atoms with Crippen LogP contribution in [0, 0.1) is 0 Å². The maximum Gasteiger partial charge on any atom is 0.161 e. The van der Waals surface area contributed by atoms with Crippen LogP contribution < -0.4 is 0 Å². The summed E-state index contributed by atoms with van der Waals surface area (Å²) in [7, 11) is 0. The number of hydrogen-bond acceptors (Lipinski definition) is 4. The predicted octanol–water partition coefficient (Wildman–Crippen LogP) is 14.3. The first-order chi connectivity index (χ1) is 27.8. The van der Waals surface area contributed by atoms with Crippen molar-refractivity contribution in [3.63, 3.8) is 0 Å². The summed E-state index contributed by atoms with van der Waals surface area (Å²) >= 11 is 0. The first kappa shape index (κ1) is 31.9. The fourth-order valence-corrected chi connectivity index (χ4v) is 8.12. The zero-order chi connectivity index (χ0) is 37.0. The van der Waals surface area contributed by atoms with Gasteiger partial charge in [-0.1, -0.05) is 158 Å². The van der Waals surface area contributed by atoms with Gasteiger partial charge in [-0.15, -0.1) is 0 Å². The summed E-state index contributed by atoms with van der Waals surface area (Å²) in [5, 5.41) is 4.23. The van der Waals surface area contributed by atoms with Gasteiger partial charge in [0.25, 0.3) is 0 Å². The lowest BCUT2D eigenvalue weighted by molar-refractivity contribution is 0.669. The first-order valence-corrected chi connectivity index (χ1v) is 18.8. The molecule has 0 aliphatic carbocycles. The molecule has 0 atom stereocenters. The van der Waals surface area contributed by atoms with Crippen LogP contribution in [0.4, 0.5) is 0 Å². The van der Waals surface area contributed by atoms with Crippen molar-refractivity contribution >= 4 is 43.9 Å². The third-order valence-electron chi connectivity index (χ3n) is 10.7. The highest BCUT2D eigenvalue weighted by molar-refractivity contribution is 6.11. The number of rotatable bonds is 6. The molecule has 0 unspecified atom stereocenters. The van der Waals surface area contributed by atoms with Crippen LogP contribution in [0.25, 0.3) is 111 Å². The van der Waals surface area contributed by atoms with Gasteiger partial charge in [0.1, 0.15) is 22.3 Å². The molecule has 0 saturated carbocycles. The number of hydrogen-bond donors (Lipinski definition) is 0. The lowest BCUT2D eigenvalue weighted by Crippen LogP contribution is -2.00. The molecule has 11 rings (SSSR count). The van der Waals surface area contributed by atoms with Gasteiger partial charge in [-0.05, 0) is 69.8 Å². The molecule has 3 heterocycles. The quantitative estimate of drug-likeness (QED) is 0.172. The number of fused-ring (bicyclic) bond motifs is 6. The van der Waals surface area contributed by atoms with Crippen molar-refractivity contribution in [1.29, 1.82) is 0 Å². The van der Waals surface area contributed by atoms with Crippen LogP contribution in [0.5, 0.6) is 0 Å². The van der Waals surface area contributed by atoms with E-state index in [0.717, 1.165) is 105 Å². The molecule has 0 bridgehead atoms. The maximum absolute atomic E-state index is 6.60. The summed E-state index contributed by atoms with van der Waals surface area (Å²) in [5.41, 5.74) is 14.0. The molecule has 0 saturated heterocycles.